The van der Waals surface area contributed by atoms with E-state index in [0.29, 0.717) is 18.2 Å². The van der Waals surface area contributed by atoms with E-state index in [2.05, 4.69) is 18.9 Å². The molecule has 1 heterocycles. The first kappa shape index (κ1) is 15.8. The number of methoxy groups -OCH3 is 1. The molecule has 4 nitrogen and oxygen atoms in total. The highest BCUT2D eigenvalue weighted by Crippen LogP contribution is 2.44. The van der Waals surface area contributed by atoms with Gasteiger partial charge in [-0.3, -0.25) is 4.68 Å². The average molecular weight is 301 g/mol. The van der Waals surface area contributed by atoms with Gasteiger partial charge in [-0.05, 0) is 37.5 Å². The lowest BCUT2D eigenvalue weighted by atomic mass is 9.83. The lowest BCUT2D eigenvalue weighted by molar-refractivity contribution is 0.00829. The second-order valence-electron chi connectivity index (χ2n) is 6.61. The predicted molar refractivity (Wildman–Crippen MR) is 79.9 cm³/mol. The smallest absolute Gasteiger partial charge is 0.108 e. The molecule has 1 saturated carbocycles. The van der Waals surface area contributed by atoms with Crippen molar-refractivity contribution in [2.45, 2.75) is 58.1 Å². The summed E-state index contributed by atoms with van der Waals surface area (Å²) in [4.78, 5) is 0. The zero-order valence-electron chi connectivity index (χ0n) is 12.7. The molecular weight excluding hydrogens is 276 g/mol. The maximum atomic E-state index is 11.1. The van der Waals surface area contributed by atoms with E-state index in [9.17, 15) is 5.11 Å². The van der Waals surface area contributed by atoms with Crippen molar-refractivity contribution in [1.82, 2.24) is 9.78 Å². The molecule has 0 aliphatic heterocycles. The summed E-state index contributed by atoms with van der Waals surface area (Å²) in [7, 11) is 1.66. The van der Waals surface area contributed by atoms with Gasteiger partial charge in [-0.1, -0.05) is 25.4 Å². The van der Waals surface area contributed by atoms with Crippen LogP contribution in [0.3, 0.4) is 0 Å². The third kappa shape index (κ3) is 3.35. The molecule has 0 radical (unpaired) electrons. The van der Waals surface area contributed by atoms with Crippen LogP contribution in [-0.2, 0) is 16.9 Å². The molecule has 1 fully saturated rings. The van der Waals surface area contributed by atoms with Gasteiger partial charge in [0.1, 0.15) is 5.60 Å². The standard InChI is InChI=1S/C15H25ClN2O2/c1-14(2)5-4-6-15(19,8-7-14)13-12(16)11-17-18(13)9-10-20-3/h11,19H,4-10H2,1-3H3. The molecule has 0 aromatic carbocycles. The van der Waals surface area contributed by atoms with E-state index in [1.807, 2.05) is 0 Å². The first-order valence-electron chi connectivity index (χ1n) is 7.31. The molecule has 1 aliphatic carbocycles. The van der Waals surface area contributed by atoms with E-state index >= 15 is 0 Å². The predicted octanol–water partition coefficient (Wildman–Crippen LogP) is 3.36. The van der Waals surface area contributed by atoms with Gasteiger partial charge in [-0.25, -0.2) is 0 Å². The quantitative estimate of drug-likeness (QED) is 0.867. The monoisotopic (exact) mass is 300 g/mol. The molecule has 1 aromatic heterocycles. The molecule has 1 atom stereocenters. The summed E-state index contributed by atoms with van der Waals surface area (Å²) in [5.74, 6) is 0. The highest BCUT2D eigenvalue weighted by molar-refractivity contribution is 6.31. The Morgan fingerprint density at radius 2 is 2.10 bits per heavy atom. The van der Waals surface area contributed by atoms with Crippen molar-refractivity contribution in [3.63, 3.8) is 0 Å². The Bertz CT molecular complexity index is 459. The zero-order chi connectivity index (χ0) is 14.8. The third-order valence-electron chi connectivity index (χ3n) is 4.40. The van der Waals surface area contributed by atoms with Gasteiger partial charge in [-0.15, -0.1) is 0 Å². The van der Waals surface area contributed by atoms with Crippen molar-refractivity contribution in [2.75, 3.05) is 13.7 Å². The highest BCUT2D eigenvalue weighted by Gasteiger charge is 2.39. The minimum absolute atomic E-state index is 0.286. The lowest BCUT2D eigenvalue weighted by Gasteiger charge is -2.29. The molecule has 1 aliphatic rings. The van der Waals surface area contributed by atoms with Crippen molar-refractivity contribution in [1.29, 1.82) is 0 Å². The summed E-state index contributed by atoms with van der Waals surface area (Å²) >= 11 is 6.29. The maximum absolute atomic E-state index is 11.1. The average Bonchev–Trinajstić information content (AvgIpc) is 2.69. The summed E-state index contributed by atoms with van der Waals surface area (Å²) < 4.78 is 6.90. The topological polar surface area (TPSA) is 47.3 Å². The molecule has 1 aromatic rings. The van der Waals surface area contributed by atoms with Gasteiger partial charge < -0.3 is 9.84 Å². The summed E-state index contributed by atoms with van der Waals surface area (Å²) in [6, 6.07) is 0. The fourth-order valence-electron chi connectivity index (χ4n) is 3.06. The zero-order valence-corrected chi connectivity index (χ0v) is 13.4. The van der Waals surface area contributed by atoms with Gasteiger partial charge in [0.2, 0.25) is 0 Å². The molecule has 5 heteroatoms. The van der Waals surface area contributed by atoms with E-state index in [1.165, 1.54) is 0 Å². The second kappa shape index (κ2) is 6.04. The Morgan fingerprint density at radius 1 is 1.35 bits per heavy atom. The van der Waals surface area contributed by atoms with Crippen LogP contribution in [-0.4, -0.2) is 28.6 Å². The van der Waals surface area contributed by atoms with E-state index in [-0.39, 0.29) is 5.41 Å². The molecular formula is C15H25ClN2O2. The van der Waals surface area contributed by atoms with Crippen LogP contribution < -0.4 is 0 Å². The Balaban J connectivity index is 2.26. The van der Waals surface area contributed by atoms with Gasteiger partial charge in [0, 0.05) is 7.11 Å². The maximum Gasteiger partial charge on any atom is 0.108 e. The van der Waals surface area contributed by atoms with Gasteiger partial charge >= 0.3 is 0 Å². The molecule has 0 saturated heterocycles. The van der Waals surface area contributed by atoms with Gasteiger partial charge in [0.25, 0.3) is 0 Å². The van der Waals surface area contributed by atoms with Crippen molar-refractivity contribution < 1.29 is 9.84 Å². The number of rotatable bonds is 4. The molecule has 0 bridgehead atoms. The molecule has 20 heavy (non-hydrogen) atoms. The van der Waals surface area contributed by atoms with Gasteiger partial charge in [0.15, 0.2) is 0 Å². The Kier molecular flexibility index (Phi) is 4.77. The summed E-state index contributed by atoms with van der Waals surface area (Å²) in [6.45, 7) is 5.71. The van der Waals surface area contributed by atoms with Crippen LogP contribution in [0.25, 0.3) is 0 Å². The Morgan fingerprint density at radius 3 is 2.80 bits per heavy atom. The molecule has 0 spiro atoms. The minimum atomic E-state index is -0.866. The van der Waals surface area contributed by atoms with E-state index in [1.54, 1.807) is 18.0 Å². The van der Waals surface area contributed by atoms with Crippen molar-refractivity contribution in [3.05, 3.63) is 16.9 Å². The Hall–Kier alpha value is -0.580. The minimum Gasteiger partial charge on any atom is -0.384 e. The van der Waals surface area contributed by atoms with E-state index < -0.39 is 5.60 Å². The van der Waals surface area contributed by atoms with Crippen molar-refractivity contribution >= 4 is 11.6 Å². The highest BCUT2D eigenvalue weighted by atomic mass is 35.5. The van der Waals surface area contributed by atoms with Gasteiger partial charge in [0.05, 0.1) is 30.1 Å². The van der Waals surface area contributed by atoms with Crippen LogP contribution in [0.1, 0.15) is 51.6 Å². The lowest BCUT2D eigenvalue weighted by Crippen LogP contribution is -2.30. The first-order valence-corrected chi connectivity index (χ1v) is 7.69. The van der Waals surface area contributed by atoms with Crippen LogP contribution >= 0.6 is 11.6 Å². The van der Waals surface area contributed by atoms with Crippen LogP contribution in [0.4, 0.5) is 0 Å². The van der Waals surface area contributed by atoms with Crippen LogP contribution in [0.2, 0.25) is 5.02 Å². The van der Waals surface area contributed by atoms with Crippen LogP contribution in [0, 0.1) is 5.41 Å². The van der Waals surface area contributed by atoms with Gasteiger partial charge in [-0.2, -0.15) is 5.10 Å². The molecule has 1 unspecified atom stereocenters. The third-order valence-corrected chi connectivity index (χ3v) is 4.68. The summed E-state index contributed by atoms with van der Waals surface area (Å²) in [5.41, 5.74) is 0.178. The molecule has 2 rings (SSSR count). The summed E-state index contributed by atoms with van der Waals surface area (Å²) in [5, 5.41) is 16.0. The first-order chi connectivity index (χ1) is 9.38. The van der Waals surface area contributed by atoms with Crippen LogP contribution in [0.15, 0.2) is 6.20 Å². The number of hydrogen-bond acceptors (Lipinski definition) is 3. The molecule has 114 valence electrons. The van der Waals surface area contributed by atoms with Crippen molar-refractivity contribution in [3.8, 4) is 0 Å². The number of nitrogens with zero attached hydrogens (tertiary/aromatic N) is 2. The SMILES string of the molecule is COCCn1ncc(Cl)c1C1(O)CCCC(C)(C)CC1. The number of hydrogen-bond donors (Lipinski definition) is 1. The van der Waals surface area contributed by atoms with E-state index in [4.69, 9.17) is 16.3 Å². The number of ether oxygens (including phenoxy) is 1. The van der Waals surface area contributed by atoms with Crippen LogP contribution in [0.5, 0.6) is 0 Å². The fraction of sp³-hybridized carbons (Fsp3) is 0.800. The second-order valence-corrected chi connectivity index (χ2v) is 7.01. The number of halogens is 1. The normalized spacial score (nSPS) is 26.4. The van der Waals surface area contributed by atoms with Crippen molar-refractivity contribution in [2.24, 2.45) is 5.41 Å². The largest absolute Gasteiger partial charge is 0.384 e. The number of aliphatic hydroxyl groups is 1. The molecule has 1 N–H and O–H groups in total. The Labute approximate surface area is 126 Å². The number of aromatic nitrogens is 2. The summed E-state index contributed by atoms with van der Waals surface area (Å²) in [6.07, 6.45) is 6.25. The fourth-order valence-corrected chi connectivity index (χ4v) is 3.38. The molecule has 0 amide bonds. The van der Waals surface area contributed by atoms with E-state index in [0.717, 1.165) is 37.8 Å².